The van der Waals surface area contributed by atoms with Gasteiger partial charge in [0.25, 0.3) is 0 Å². The average molecular weight is 345 g/mol. The van der Waals surface area contributed by atoms with E-state index in [1.807, 2.05) is 43.0 Å². The Morgan fingerprint density at radius 1 is 1.50 bits per heavy atom. The highest BCUT2D eigenvalue weighted by Crippen LogP contribution is 2.36. The van der Waals surface area contributed by atoms with E-state index in [1.54, 1.807) is 11.0 Å². The van der Waals surface area contributed by atoms with Gasteiger partial charge in [0.1, 0.15) is 12.7 Å². The molecule has 0 bridgehead atoms. The molecule has 0 unspecified atom stereocenters. The van der Waals surface area contributed by atoms with Gasteiger partial charge in [-0.25, -0.2) is 14.5 Å². The number of nitrogens with one attached hydrogen (secondary N) is 2. The Labute approximate surface area is 146 Å². The van der Waals surface area contributed by atoms with Crippen molar-refractivity contribution in [1.29, 1.82) is 0 Å². The predicted molar refractivity (Wildman–Crippen MR) is 96.4 cm³/mol. The SMILES string of the molecule is C[C@H](NC(=O)NC[C@@]1(C)CCCS1)c1cccc(-n2cncn2)c1. The Balaban J connectivity index is 1.57. The average Bonchev–Trinajstić information content (AvgIpc) is 3.25. The fraction of sp³-hybridized carbons (Fsp3) is 0.471. The maximum absolute atomic E-state index is 12.2. The van der Waals surface area contributed by atoms with Gasteiger partial charge in [0, 0.05) is 11.3 Å². The molecule has 0 radical (unpaired) electrons. The van der Waals surface area contributed by atoms with Crippen molar-refractivity contribution in [2.75, 3.05) is 12.3 Å². The van der Waals surface area contributed by atoms with Crippen LogP contribution in [0.5, 0.6) is 0 Å². The second kappa shape index (κ2) is 7.25. The third-order valence-electron chi connectivity index (χ3n) is 4.32. The quantitative estimate of drug-likeness (QED) is 0.874. The Kier molecular flexibility index (Phi) is 5.08. The first-order valence-electron chi connectivity index (χ1n) is 8.19. The summed E-state index contributed by atoms with van der Waals surface area (Å²) >= 11 is 1.94. The third kappa shape index (κ3) is 4.08. The lowest BCUT2D eigenvalue weighted by Gasteiger charge is -2.24. The summed E-state index contributed by atoms with van der Waals surface area (Å²) in [5, 5.41) is 10.1. The highest BCUT2D eigenvalue weighted by Gasteiger charge is 2.29. The monoisotopic (exact) mass is 345 g/mol. The van der Waals surface area contributed by atoms with Crippen molar-refractivity contribution in [3.05, 3.63) is 42.5 Å². The van der Waals surface area contributed by atoms with Crippen LogP contribution in [0.3, 0.4) is 0 Å². The number of benzene rings is 1. The minimum Gasteiger partial charge on any atom is -0.337 e. The molecule has 2 heterocycles. The summed E-state index contributed by atoms with van der Waals surface area (Å²) in [6.07, 6.45) is 5.55. The number of rotatable bonds is 5. The number of hydrogen-bond acceptors (Lipinski definition) is 4. The van der Waals surface area contributed by atoms with Crippen LogP contribution in [-0.2, 0) is 0 Å². The molecule has 1 fully saturated rings. The number of amides is 2. The molecule has 2 aromatic rings. The van der Waals surface area contributed by atoms with Crippen LogP contribution in [-0.4, -0.2) is 37.8 Å². The molecule has 1 aromatic carbocycles. The molecular weight excluding hydrogens is 322 g/mol. The Bertz CT molecular complexity index is 682. The molecule has 1 aliphatic rings. The summed E-state index contributed by atoms with van der Waals surface area (Å²) < 4.78 is 1.88. The number of urea groups is 1. The van der Waals surface area contributed by atoms with Crippen LogP contribution in [0.2, 0.25) is 0 Å². The maximum Gasteiger partial charge on any atom is 0.315 e. The highest BCUT2D eigenvalue weighted by molar-refractivity contribution is 8.00. The van der Waals surface area contributed by atoms with Gasteiger partial charge in [-0.05, 0) is 50.1 Å². The summed E-state index contributed by atoms with van der Waals surface area (Å²) in [5.41, 5.74) is 1.95. The van der Waals surface area contributed by atoms with Crippen molar-refractivity contribution in [2.24, 2.45) is 0 Å². The second-order valence-electron chi connectivity index (χ2n) is 6.39. The molecular formula is C17H23N5OS. The van der Waals surface area contributed by atoms with E-state index in [1.165, 1.54) is 18.5 Å². The number of thioether (sulfide) groups is 1. The molecule has 0 aliphatic carbocycles. The van der Waals surface area contributed by atoms with Crippen LogP contribution in [0, 0.1) is 0 Å². The zero-order valence-corrected chi connectivity index (χ0v) is 14.8. The van der Waals surface area contributed by atoms with Crippen molar-refractivity contribution in [3.63, 3.8) is 0 Å². The normalized spacial score (nSPS) is 21.4. The molecule has 1 aromatic heterocycles. The van der Waals surface area contributed by atoms with E-state index >= 15 is 0 Å². The number of hydrogen-bond donors (Lipinski definition) is 2. The molecule has 24 heavy (non-hydrogen) atoms. The van der Waals surface area contributed by atoms with Gasteiger partial charge >= 0.3 is 6.03 Å². The molecule has 0 saturated carbocycles. The van der Waals surface area contributed by atoms with Gasteiger partial charge < -0.3 is 10.6 Å². The fourth-order valence-corrected chi connectivity index (χ4v) is 4.10. The van der Waals surface area contributed by atoms with E-state index in [4.69, 9.17) is 0 Å². The lowest BCUT2D eigenvalue weighted by molar-refractivity contribution is 0.237. The molecule has 2 atom stereocenters. The topological polar surface area (TPSA) is 71.8 Å². The summed E-state index contributed by atoms with van der Waals surface area (Å²) in [7, 11) is 0. The Hall–Kier alpha value is -2.02. The maximum atomic E-state index is 12.2. The minimum absolute atomic E-state index is 0.0856. The fourth-order valence-electron chi connectivity index (χ4n) is 2.85. The molecule has 2 N–H and O–H groups in total. The van der Waals surface area contributed by atoms with Crippen molar-refractivity contribution in [3.8, 4) is 5.69 Å². The first kappa shape index (κ1) is 16.8. The van der Waals surface area contributed by atoms with E-state index in [2.05, 4.69) is 27.6 Å². The van der Waals surface area contributed by atoms with Crippen molar-refractivity contribution in [2.45, 2.75) is 37.5 Å². The van der Waals surface area contributed by atoms with Crippen LogP contribution in [0.1, 0.15) is 38.3 Å². The molecule has 0 spiro atoms. The van der Waals surface area contributed by atoms with Gasteiger partial charge in [0.2, 0.25) is 0 Å². The van der Waals surface area contributed by atoms with Crippen LogP contribution in [0.25, 0.3) is 5.69 Å². The van der Waals surface area contributed by atoms with Crippen molar-refractivity contribution in [1.82, 2.24) is 25.4 Å². The van der Waals surface area contributed by atoms with Crippen molar-refractivity contribution < 1.29 is 4.79 Å². The van der Waals surface area contributed by atoms with Gasteiger partial charge in [-0.3, -0.25) is 0 Å². The first-order valence-corrected chi connectivity index (χ1v) is 9.18. The minimum atomic E-state index is -0.123. The molecule has 6 nitrogen and oxygen atoms in total. The molecule has 1 saturated heterocycles. The lowest BCUT2D eigenvalue weighted by Crippen LogP contribution is -2.43. The van der Waals surface area contributed by atoms with Crippen LogP contribution >= 0.6 is 11.8 Å². The highest BCUT2D eigenvalue weighted by atomic mass is 32.2. The number of carbonyl (C=O) groups is 1. The predicted octanol–water partition coefficient (Wildman–Crippen LogP) is 2.91. The number of aromatic nitrogens is 3. The smallest absolute Gasteiger partial charge is 0.315 e. The zero-order chi connectivity index (χ0) is 17.0. The van der Waals surface area contributed by atoms with E-state index < -0.39 is 0 Å². The molecule has 128 valence electrons. The standard InChI is InChI=1S/C17H23N5OS/c1-13(21-16(23)19-10-17(2)7-4-8-24-17)14-5-3-6-15(9-14)22-12-18-11-20-22/h3,5-6,9,11-13H,4,7-8,10H2,1-2H3,(H2,19,21,23)/t13-,17+/m0/s1. The van der Waals surface area contributed by atoms with Gasteiger partial charge in [0.15, 0.2) is 0 Å². The number of carbonyl (C=O) groups excluding carboxylic acids is 1. The summed E-state index contributed by atoms with van der Waals surface area (Å²) in [6.45, 7) is 4.90. The van der Waals surface area contributed by atoms with Crippen molar-refractivity contribution >= 4 is 17.8 Å². The molecule has 2 amide bonds. The summed E-state index contributed by atoms with van der Waals surface area (Å²) in [5.74, 6) is 1.19. The van der Waals surface area contributed by atoms with E-state index in [9.17, 15) is 4.79 Å². The van der Waals surface area contributed by atoms with Crippen LogP contribution < -0.4 is 10.6 Å². The van der Waals surface area contributed by atoms with Gasteiger partial charge in [0.05, 0.1) is 11.7 Å². The van der Waals surface area contributed by atoms with E-state index in [0.717, 1.165) is 17.7 Å². The Morgan fingerprint density at radius 2 is 2.38 bits per heavy atom. The molecule has 7 heteroatoms. The van der Waals surface area contributed by atoms with Gasteiger partial charge in [-0.15, -0.1) is 0 Å². The lowest BCUT2D eigenvalue weighted by atomic mass is 10.1. The van der Waals surface area contributed by atoms with E-state index in [0.29, 0.717) is 6.54 Å². The van der Waals surface area contributed by atoms with Gasteiger partial charge in [-0.2, -0.15) is 16.9 Å². The summed E-state index contributed by atoms with van der Waals surface area (Å²) in [6, 6.07) is 7.72. The second-order valence-corrected chi connectivity index (χ2v) is 8.07. The largest absolute Gasteiger partial charge is 0.337 e. The van der Waals surface area contributed by atoms with Gasteiger partial charge in [-0.1, -0.05) is 12.1 Å². The van der Waals surface area contributed by atoms with Crippen LogP contribution in [0.15, 0.2) is 36.9 Å². The van der Waals surface area contributed by atoms with E-state index in [-0.39, 0.29) is 16.8 Å². The molecule has 3 rings (SSSR count). The summed E-state index contributed by atoms with van der Waals surface area (Å²) in [4.78, 5) is 16.1. The molecule has 1 aliphatic heterocycles. The number of nitrogens with zero attached hydrogens (tertiary/aromatic N) is 3. The third-order valence-corrected chi connectivity index (χ3v) is 5.86. The Morgan fingerprint density at radius 3 is 3.08 bits per heavy atom. The first-order chi connectivity index (χ1) is 11.6. The zero-order valence-electron chi connectivity index (χ0n) is 14.0. The van der Waals surface area contributed by atoms with Crippen LogP contribution in [0.4, 0.5) is 4.79 Å².